The van der Waals surface area contributed by atoms with Crippen molar-refractivity contribution in [2.24, 2.45) is 11.8 Å². The molecule has 2 atom stereocenters. The largest absolute Gasteiger partial charge is 0.468 e. The predicted octanol–water partition coefficient (Wildman–Crippen LogP) is 1.09. The van der Waals surface area contributed by atoms with Crippen LogP contribution in [0.5, 0.6) is 0 Å². The highest BCUT2D eigenvalue weighted by Gasteiger charge is 2.35. The van der Waals surface area contributed by atoms with Gasteiger partial charge in [0.1, 0.15) is 6.54 Å². The van der Waals surface area contributed by atoms with Crippen molar-refractivity contribution in [2.45, 2.75) is 33.6 Å². The minimum Gasteiger partial charge on any atom is -0.468 e. The fourth-order valence-corrected chi connectivity index (χ4v) is 4.59. The summed E-state index contributed by atoms with van der Waals surface area (Å²) >= 11 is 0. The number of hydrogen-bond donors (Lipinski definition) is 0. The summed E-state index contributed by atoms with van der Waals surface area (Å²) in [5.74, 6) is 0.158. The zero-order valence-electron chi connectivity index (χ0n) is 12.8. The van der Waals surface area contributed by atoms with Crippen molar-refractivity contribution >= 4 is 16.2 Å². The molecule has 20 heavy (non-hydrogen) atoms. The molecule has 2 unspecified atom stereocenters. The van der Waals surface area contributed by atoms with E-state index in [2.05, 4.69) is 18.6 Å². The van der Waals surface area contributed by atoms with Crippen molar-refractivity contribution in [3.05, 3.63) is 0 Å². The molecule has 0 aromatic rings. The van der Waals surface area contributed by atoms with Crippen LogP contribution in [-0.2, 0) is 19.7 Å². The maximum atomic E-state index is 12.7. The molecule has 0 bridgehead atoms. The standard InChI is InChI=1S/C13H26N2O4S/c1-5-6-14(10-13(16)19-4)20(17,18)15-8-11(2)7-12(3)9-15/h11-12H,5-10H2,1-4H3. The third-order valence-electron chi connectivity index (χ3n) is 3.49. The van der Waals surface area contributed by atoms with E-state index < -0.39 is 16.2 Å². The summed E-state index contributed by atoms with van der Waals surface area (Å²) in [7, 11) is -2.32. The molecule has 1 saturated heterocycles. The average Bonchev–Trinajstić information content (AvgIpc) is 2.36. The molecule has 1 rings (SSSR count). The number of rotatable bonds is 6. The number of methoxy groups -OCH3 is 1. The lowest BCUT2D eigenvalue weighted by Gasteiger charge is -2.36. The van der Waals surface area contributed by atoms with Gasteiger partial charge < -0.3 is 4.74 Å². The first-order valence-electron chi connectivity index (χ1n) is 7.13. The normalized spacial score (nSPS) is 24.9. The predicted molar refractivity (Wildman–Crippen MR) is 77.3 cm³/mol. The van der Waals surface area contributed by atoms with E-state index in [1.165, 1.54) is 15.7 Å². The van der Waals surface area contributed by atoms with Crippen molar-refractivity contribution in [3.8, 4) is 0 Å². The van der Waals surface area contributed by atoms with E-state index >= 15 is 0 Å². The van der Waals surface area contributed by atoms with Crippen molar-refractivity contribution in [3.63, 3.8) is 0 Å². The van der Waals surface area contributed by atoms with E-state index in [-0.39, 0.29) is 6.54 Å². The molecule has 0 amide bonds. The van der Waals surface area contributed by atoms with Crippen molar-refractivity contribution in [1.82, 2.24) is 8.61 Å². The Balaban J connectivity index is 2.88. The minimum absolute atomic E-state index is 0.216. The van der Waals surface area contributed by atoms with E-state index in [1.54, 1.807) is 0 Å². The first kappa shape index (κ1) is 17.4. The maximum Gasteiger partial charge on any atom is 0.321 e. The minimum atomic E-state index is -3.59. The van der Waals surface area contributed by atoms with Crippen molar-refractivity contribution < 1.29 is 17.9 Å². The van der Waals surface area contributed by atoms with Crippen LogP contribution in [0.2, 0.25) is 0 Å². The molecule has 0 radical (unpaired) electrons. The first-order chi connectivity index (χ1) is 9.31. The van der Waals surface area contributed by atoms with Gasteiger partial charge in [-0.2, -0.15) is 17.0 Å². The Morgan fingerprint density at radius 3 is 2.30 bits per heavy atom. The number of hydrogen-bond acceptors (Lipinski definition) is 4. The van der Waals surface area contributed by atoms with Gasteiger partial charge in [-0.15, -0.1) is 0 Å². The van der Waals surface area contributed by atoms with Gasteiger partial charge >= 0.3 is 5.97 Å². The van der Waals surface area contributed by atoms with Crippen LogP contribution in [0.1, 0.15) is 33.6 Å². The molecule has 0 aromatic carbocycles. The van der Waals surface area contributed by atoms with E-state index in [0.717, 1.165) is 6.42 Å². The molecule has 1 heterocycles. The van der Waals surface area contributed by atoms with Gasteiger partial charge in [-0.1, -0.05) is 20.8 Å². The number of piperidine rings is 1. The SMILES string of the molecule is CCCN(CC(=O)OC)S(=O)(=O)N1CC(C)CC(C)C1. The molecule has 7 heteroatoms. The molecular formula is C13H26N2O4S. The van der Waals surface area contributed by atoms with Gasteiger partial charge in [0.05, 0.1) is 7.11 Å². The summed E-state index contributed by atoms with van der Waals surface area (Å²) in [6, 6.07) is 0. The second kappa shape index (κ2) is 7.38. The Kier molecular flexibility index (Phi) is 6.42. The highest BCUT2D eigenvalue weighted by Crippen LogP contribution is 2.24. The van der Waals surface area contributed by atoms with Gasteiger partial charge in [0.25, 0.3) is 10.2 Å². The molecule has 0 spiro atoms. The number of nitrogens with zero attached hydrogens (tertiary/aromatic N) is 2. The van der Waals surface area contributed by atoms with Crippen LogP contribution < -0.4 is 0 Å². The summed E-state index contributed by atoms with van der Waals surface area (Å²) in [5, 5.41) is 0. The van der Waals surface area contributed by atoms with Crippen molar-refractivity contribution in [2.75, 3.05) is 33.3 Å². The fourth-order valence-electron chi connectivity index (χ4n) is 2.69. The summed E-state index contributed by atoms with van der Waals surface area (Å²) in [4.78, 5) is 11.4. The Labute approximate surface area is 122 Å². The number of ether oxygens (including phenoxy) is 1. The van der Waals surface area contributed by atoms with Crippen LogP contribution >= 0.6 is 0 Å². The summed E-state index contributed by atoms with van der Waals surface area (Å²) in [5.41, 5.74) is 0. The smallest absolute Gasteiger partial charge is 0.321 e. The quantitative estimate of drug-likeness (QED) is 0.689. The monoisotopic (exact) mass is 306 g/mol. The molecule has 0 N–H and O–H groups in total. The van der Waals surface area contributed by atoms with Gasteiger partial charge in [-0.05, 0) is 24.7 Å². The van der Waals surface area contributed by atoms with Crippen LogP contribution in [0.3, 0.4) is 0 Å². The molecular weight excluding hydrogens is 280 g/mol. The summed E-state index contributed by atoms with van der Waals surface area (Å²) < 4.78 is 32.6. The third-order valence-corrected chi connectivity index (χ3v) is 5.41. The lowest BCUT2D eigenvalue weighted by molar-refractivity contribution is -0.140. The van der Waals surface area contributed by atoms with Gasteiger partial charge in [-0.3, -0.25) is 4.79 Å². The average molecular weight is 306 g/mol. The Hall–Kier alpha value is -0.660. The van der Waals surface area contributed by atoms with Crippen LogP contribution in [0.15, 0.2) is 0 Å². The van der Waals surface area contributed by atoms with Gasteiger partial charge in [0, 0.05) is 19.6 Å². The maximum absolute atomic E-state index is 12.7. The van der Waals surface area contributed by atoms with Gasteiger partial charge in [-0.25, -0.2) is 0 Å². The molecule has 0 saturated carbocycles. The molecule has 1 fully saturated rings. The van der Waals surface area contributed by atoms with Crippen LogP contribution in [0, 0.1) is 11.8 Å². The lowest BCUT2D eigenvalue weighted by Crippen LogP contribution is -2.51. The first-order valence-corrected chi connectivity index (χ1v) is 8.53. The van der Waals surface area contributed by atoms with E-state index in [9.17, 15) is 13.2 Å². The highest BCUT2D eigenvalue weighted by atomic mass is 32.2. The van der Waals surface area contributed by atoms with Crippen molar-refractivity contribution in [1.29, 1.82) is 0 Å². The second-order valence-electron chi connectivity index (χ2n) is 5.68. The molecule has 1 aliphatic heterocycles. The Morgan fingerprint density at radius 1 is 1.30 bits per heavy atom. The molecule has 0 aliphatic carbocycles. The molecule has 6 nitrogen and oxygen atoms in total. The van der Waals surface area contributed by atoms with Crippen LogP contribution in [0.4, 0.5) is 0 Å². The van der Waals surface area contributed by atoms with E-state index in [1.807, 2.05) is 6.92 Å². The molecule has 0 aromatic heterocycles. The highest BCUT2D eigenvalue weighted by molar-refractivity contribution is 7.86. The number of carbonyl (C=O) groups excluding carboxylic acids is 1. The van der Waals surface area contributed by atoms with Crippen LogP contribution in [-0.4, -0.2) is 56.3 Å². The Bertz CT molecular complexity index is 414. The fraction of sp³-hybridized carbons (Fsp3) is 0.923. The third kappa shape index (κ3) is 4.43. The Morgan fingerprint density at radius 2 is 1.85 bits per heavy atom. The zero-order chi connectivity index (χ0) is 15.3. The number of carbonyl (C=O) groups is 1. The number of esters is 1. The van der Waals surface area contributed by atoms with E-state index in [0.29, 0.717) is 37.9 Å². The van der Waals surface area contributed by atoms with Gasteiger partial charge in [0.15, 0.2) is 0 Å². The molecule has 118 valence electrons. The lowest BCUT2D eigenvalue weighted by atomic mass is 9.94. The zero-order valence-corrected chi connectivity index (χ0v) is 13.6. The summed E-state index contributed by atoms with van der Waals surface area (Å²) in [6.45, 7) is 7.16. The van der Waals surface area contributed by atoms with E-state index in [4.69, 9.17) is 0 Å². The van der Waals surface area contributed by atoms with Crippen LogP contribution in [0.25, 0.3) is 0 Å². The van der Waals surface area contributed by atoms with Gasteiger partial charge in [0.2, 0.25) is 0 Å². The second-order valence-corrected chi connectivity index (χ2v) is 7.61. The molecule has 1 aliphatic rings. The summed E-state index contributed by atoms with van der Waals surface area (Å²) in [6.07, 6.45) is 1.70. The topological polar surface area (TPSA) is 66.9 Å².